The van der Waals surface area contributed by atoms with E-state index in [0.717, 1.165) is 35.5 Å². The number of fused-ring (bicyclic) bond motifs is 3. The molecule has 40 heavy (non-hydrogen) atoms. The lowest BCUT2D eigenvalue weighted by atomic mass is 9.82. The first-order valence-electron chi connectivity index (χ1n) is 14.3. The van der Waals surface area contributed by atoms with Crippen LogP contribution in [0.3, 0.4) is 0 Å². The van der Waals surface area contributed by atoms with Gasteiger partial charge in [-0.3, -0.25) is 0 Å². The molecule has 3 heteroatoms. The van der Waals surface area contributed by atoms with Crippen LogP contribution in [0.4, 0.5) is 28.4 Å². The molecule has 200 valence electrons. The number of H-pyrrole nitrogens is 1. The fourth-order valence-corrected chi connectivity index (χ4v) is 5.58. The summed E-state index contributed by atoms with van der Waals surface area (Å²) in [7, 11) is 0. The molecular weight excluding hydrogens is 486 g/mol. The highest BCUT2D eigenvalue weighted by molar-refractivity contribution is 6.09. The van der Waals surface area contributed by atoms with Gasteiger partial charge in [-0.15, -0.1) is 0 Å². The number of nitrogens with one attached hydrogen (secondary N) is 1. The Labute approximate surface area is 237 Å². The summed E-state index contributed by atoms with van der Waals surface area (Å²) >= 11 is 0. The van der Waals surface area contributed by atoms with Crippen LogP contribution in [0.15, 0.2) is 121 Å². The van der Waals surface area contributed by atoms with Gasteiger partial charge >= 0.3 is 0 Å². The Bertz CT molecular complexity index is 1730. The van der Waals surface area contributed by atoms with E-state index in [2.05, 4.69) is 164 Å². The number of nitrogens with zero attached hydrogens (tertiary/aromatic N) is 2. The van der Waals surface area contributed by atoms with Crippen LogP contribution in [-0.4, -0.2) is 11.5 Å². The zero-order valence-electron chi connectivity index (χ0n) is 23.9. The van der Waals surface area contributed by atoms with Gasteiger partial charge in [0.05, 0.1) is 0 Å². The summed E-state index contributed by atoms with van der Waals surface area (Å²) in [6.45, 7) is 10.0. The summed E-state index contributed by atoms with van der Waals surface area (Å²) in [5.41, 5.74) is 9.65. The van der Waals surface area contributed by atoms with E-state index in [1.807, 2.05) is 0 Å². The van der Waals surface area contributed by atoms with Gasteiger partial charge in [0.25, 0.3) is 0 Å². The number of benzene rings is 5. The number of aromatic nitrogens is 1. The Morgan fingerprint density at radius 1 is 0.550 bits per heavy atom. The standard InChI is InChI=1S/C37H37N3/c1-5-37(3,4)27-17-23-35-33(25-27)34-26-32(22-24-36(34)38-35)40(30-15-11-8-12-16-30)31-20-18-29(19-21-31)39(6-2)28-13-9-7-10-14-28/h7-26,38H,5-6H2,1-4H3. The molecule has 0 aliphatic rings. The SMILES string of the molecule is CCN(c1ccccc1)c1ccc(N(c2ccccc2)c2ccc3[nH]c4ccc(C(C)(C)CC)cc4c3c2)cc1. The number of aromatic amines is 1. The van der Waals surface area contributed by atoms with Gasteiger partial charge < -0.3 is 14.8 Å². The highest BCUT2D eigenvalue weighted by atomic mass is 15.2. The van der Waals surface area contributed by atoms with Gasteiger partial charge in [-0.25, -0.2) is 0 Å². The van der Waals surface area contributed by atoms with Crippen molar-refractivity contribution in [2.75, 3.05) is 16.3 Å². The van der Waals surface area contributed by atoms with E-state index in [-0.39, 0.29) is 5.41 Å². The fraction of sp³-hybridized carbons (Fsp3) is 0.189. The highest BCUT2D eigenvalue weighted by Gasteiger charge is 2.20. The second kappa shape index (κ2) is 10.6. The van der Waals surface area contributed by atoms with Crippen molar-refractivity contribution in [2.45, 2.75) is 39.5 Å². The molecular formula is C37H37N3. The van der Waals surface area contributed by atoms with Crippen molar-refractivity contribution < 1.29 is 0 Å². The molecule has 0 aliphatic heterocycles. The molecule has 6 aromatic rings. The average Bonchev–Trinajstić information content (AvgIpc) is 3.37. The minimum absolute atomic E-state index is 0.138. The van der Waals surface area contributed by atoms with Crippen molar-refractivity contribution in [3.8, 4) is 0 Å². The molecule has 0 atom stereocenters. The Hall–Kier alpha value is -4.50. The molecule has 0 spiro atoms. The zero-order valence-corrected chi connectivity index (χ0v) is 23.9. The van der Waals surface area contributed by atoms with Crippen LogP contribution in [-0.2, 0) is 5.41 Å². The molecule has 3 nitrogen and oxygen atoms in total. The van der Waals surface area contributed by atoms with Crippen LogP contribution in [0.1, 0.15) is 39.7 Å². The Morgan fingerprint density at radius 3 is 1.68 bits per heavy atom. The minimum atomic E-state index is 0.138. The van der Waals surface area contributed by atoms with Crippen molar-refractivity contribution in [2.24, 2.45) is 0 Å². The second-order valence-corrected chi connectivity index (χ2v) is 11.1. The molecule has 0 bridgehead atoms. The quantitative estimate of drug-likeness (QED) is 0.214. The van der Waals surface area contributed by atoms with Crippen molar-refractivity contribution in [1.82, 2.24) is 4.98 Å². The second-order valence-electron chi connectivity index (χ2n) is 11.1. The number of hydrogen-bond donors (Lipinski definition) is 1. The predicted molar refractivity (Wildman–Crippen MR) is 173 cm³/mol. The van der Waals surface area contributed by atoms with E-state index in [1.54, 1.807) is 0 Å². The van der Waals surface area contributed by atoms with E-state index in [1.165, 1.54) is 33.2 Å². The lowest BCUT2D eigenvalue weighted by Gasteiger charge is -2.27. The lowest BCUT2D eigenvalue weighted by molar-refractivity contribution is 0.507. The normalized spacial score (nSPS) is 11.7. The summed E-state index contributed by atoms with van der Waals surface area (Å²) in [6.07, 6.45) is 1.10. The van der Waals surface area contributed by atoms with Crippen molar-refractivity contribution >= 4 is 50.2 Å². The topological polar surface area (TPSA) is 22.3 Å². The van der Waals surface area contributed by atoms with Crippen LogP contribution in [0.25, 0.3) is 21.8 Å². The van der Waals surface area contributed by atoms with Gasteiger partial charge in [0.15, 0.2) is 0 Å². The fourth-order valence-electron chi connectivity index (χ4n) is 5.58. The molecule has 6 rings (SSSR count). The van der Waals surface area contributed by atoms with E-state index in [9.17, 15) is 0 Å². The Balaban J connectivity index is 1.45. The Morgan fingerprint density at radius 2 is 1.05 bits per heavy atom. The minimum Gasteiger partial charge on any atom is -0.355 e. The summed E-state index contributed by atoms with van der Waals surface area (Å²) in [6, 6.07) is 43.8. The molecule has 5 aromatic carbocycles. The molecule has 0 unspecified atom stereocenters. The van der Waals surface area contributed by atoms with Gasteiger partial charge in [0.2, 0.25) is 0 Å². The maximum Gasteiger partial charge on any atom is 0.0469 e. The largest absolute Gasteiger partial charge is 0.355 e. The maximum atomic E-state index is 3.64. The number of hydrogen-bond acceptors (Lipinski definition) is 2. The van der Waals surface area contributed by atoms with Gasteiger partial charge in [-0.2, -0.15) is 0 Å². The third-order valence-corrected chi connectivity index (χ3v) is 8.32. The van der Waals surface area contributed by atoms with Gasteiger partial charge in [0.1, 0.15) is 0 Å². The molecule has 0 amide bonds. The smallest absolute Gasteiger partial charge is 0.0469 e. The molecule has 1 aromatic heterocycles. The Kier molecular flexibility index (Phi) is 6.81. The first-order chi connectivity index (χ1) is 19.5. The third-order valence-electron chi connectivity index (χ3n) is 8.32. The van der Waals surface area contributed by atoms with Crippen LogP contribution < -0.4 is 9.80 Å². The van der Waals surface area contributed by atoms with E-state index in [0.29, 0.717) is 0 Å². The van der Waals surface area contributed by atoms with Gasteiger partial charge in [-0.05, 0) is 103 Å². The number of para-hydroxylation sites is 2. The summed E-state index contributed by atoms with van der Waals surface area (Å²) < 4.78 is 0. The molecule has 1 N–H and O–H groups in total. The zero-order chi connectivity index (χ0) is 27.7. The molecule has 0 fully saturated rings. The van der Waals surface area contributed by atoms with Gasteiger partial charge in [-0.1, -0.05) is 63.2 Å². The third kappa shape index (κ3) is 4.73. The maximum absolute atomic E-state index is 3.64. The van der Waals surface area contributed by atoms with Crippen LogP contribution in [0, 0.1) is 0 Å². The number of rotatable bonds is 8. The molecule has 1 heterocycles. The van der Waals surface area contributed by atoms with Crippen LogP contribution >= 0.6 is 0 Å². The van der Waals surface area contributed by atoms with Crippen molar-refractivity contribution in [3.63, 3.8) is 0 Å². The first kappa shape index (κ1) is 25.8. The highest BCUT2D eigenvalue weighted by Crippen LogP contribution is 2.39. The molecule has 0 aliphatic carbocycles. The van der Waals surface area contributed by atoms with Crippen molar-refractivity contribution in [3.05, 3.63) is 127 Å². The predicted octanol–water partition coefficient (Wildman–Crippen LogP) is 10.6. The summed E-state index contributed by atoms with van der Waals surface area (Å²) in [5.74, 6) is 0. The lowest BCUT2D eigenvalue weighted by Crippen LogP contribution is -2.16. The van der Waals surface area contributed by atoms with Crippen LogP contribution in [0.5, 0.6) is 0 Å². The van der Waals surface area contributed by atoms with E-state index < -0.39 is 0 Å². The summed E-state index contributed by atoms with van der Waals surface area (Å²) in [4.78, 5) is 8.32. The van der Waals surface area contributed by atoms with E-state index in [4.69, 9.17) is 0 Å². The summed E-state index contributed by atoms with van der Waals surface area (Å²) in [5, 5.41) is 2.53. The van der Waals surface area contributed by atoms with Gasteiger partial charge in [0, 0.05) is 56.8 Å². The first-order valence-corrected chi connectivity index (χ1v) is 14.3. The molecule has 0 radical (unpaired) electrons. The van der Waals surface area contributed by atoms with Crippen molar-refractivity contribution in [1.29, 1.82) is 0 Å². The van der Waals surface area contributed by atoms with E-state index >= 15 is 0 Å². The molecule has 0 saturated heterocycles. The van der Waals surface area contributed by atoms with Crippen LogP contribution in [0.2, 0.25) is 0 Å². The monoisotopic (exact) mass is 523 g/mol. The number of anilines is 5. The average molecular weight is 524 g/mol. The molecule has 0 saturated carbocycles.